The van der Waals surface area contributed by atoms with Crippen LogP contribution in [0.25, 0.3) is 5.69 Å². The number of piperazine rings is 1. The van der Waals surface area contributed by atoms with Crippen molar-refractivity contribution in [3.8, 4) is 5.69 Å². The molecule has 2 heterocycles. The van der Waals surface area contributed by atoms with Crippen LogP contribution in [0.3, 0.4) is 0 Å². The van der Waals surface area contributed by atoms with Gasteiger partial charge in [-0.2, -0.15) is 4.31 Å². The predicted octanol–water partition coefficient (Wildman–Crippen LogP) is 3.66. The zero-order valence-corrected chi connectivity index (χ0v) is 18.9. The van der Waals surface area contributed by atoms with E-state index in [0.717, 1.165) is 16.4 Å². The van der Waals surface area contributed by atoms with Crippen LogP contribution >= 0.6 is 0 Å². The van der Waals surface area contributed by atoms with Gasteiger partial charge >= 0.3 is 0 Å². The highest BCUT2D eigenvalue weighted by molar-refractivity contribution is 7.89. The molecule has 1 saturated heterocycles. The lowest BCUT2D eigenvalue weighted by Crippen LogP contribution is -2.50. The summed E-state index contributed by atoms with van der Waals surface area (Å²) in [6.07, 6.45) is 0. The Kier molecular flexibility index (Phi) is 6.06. The first-order chi connectivity index (χ1) is 15.6. The number of amides is 1. The molecule has 174 valence electrons. The van der Waals surface area contributed by atoms with E-state index in [1.807, 2.05) is 0 Å². The first kappa shape index (κ1) is 23.1. The third-order valence-corrected chi connectivity index (χ3v) is 7.70. The molecule has 0 radical (unpaired) electrons. The first-order valence-electron chi connectivity index (χ1n) is 10.3. The molecule has 0 atom stereocenters. The summed E-state index contributed by atoms with van der Waals surface area (Å²) in [5, 5.41) is 0. The molecule has 1 aliphatic rings. The number of para-hydroxylation sites is 1. The quantitative estimate of drug-likeness (QED) is 0.576. The van der Waals surface area contributed by atoms with Crippen molar-refractivity contribution in [3.05, 3.63) is 82.9 Å². The van der Waals surface area contributed by atoms with Crippen molar-refractivity contribution in [1.29, 1.82) is 0 Å². The van der Waals surface area contributed by atoms with Crippen molar-refractivity contribution in [2.45, 2.75) is 18.7 Å². The maximum atomic E-state index is 14.3. The molecule has 1 aromatic heterocycles. The van der Waals surface area contributed by atoms with Crippen LogP contribution in [-0.4, -0.2) is 54.3 Å². The summed E-state index contributed by atoms with van der Waals surface area (Å²) in [4.78, 5) is 14.4. The van der Waals surface area contributed by atoms with Gasteiger partial charge in [0.1, 0.15) is 5.82 Å². The molecule has 10 heteroatoms. The lowest BCUT2D eigenvalue weighted by Gasteiger charge is -2.34. The second kappa shape index (κ2) is 8.68. The Morgan fingerprint density at radius 1 is 0.848 bits per heavy atom. The van der Waals surface area contributed by atoms with Gasteiger partial charge in [0.15, 0.2) is 11.6 Å². The van der Waals surface area contributed by atoms with E-state index in [-0.39, 0.29) is 37.0 Å². The standard InChI is InChI=1S/C23H22F3N3O3S/c1-15-13-18(16(2)29(15)22-6-4-3-5-20(22)25)23(30)27-9-11-28(12-10-27)33(31,32)17-7-8-19(24)21(26)14-17/h3-8,13-14H,9-12H2,1-2H3. The van der Waals surface area contributed by atoms with E-state index in [0.29, 0.717) is 28.7 Å². The normalized spacial score (nSPS) is 15.1. The van der Waals surface area contributed by atoms with Crippen molar-refractivity contribution in [1.82, 2.24) is 13.8 Å². The Bertz CT molecular complexity index is 1330. The van der Waals surface area contributed by atoms with E-state index < -0.39 is 27.5 Å². The minimum absolute atomic E-state index is 0.0130. The van der Waals surface area contributed by atoms with Crippen LogP contribution in [0.5, 0.6) is 0 Å². The van der Waals surface area contributed by atoms with Crippen LogP contribution < -0.4 is 0 Å². The lowest BCUT2D eigenvalue weighted by molar-refractivity contribution is 0.0697. The minimum atomic E-state index is -4.02. The molecule has 2 aromatic carbocycles. The molecule has 1 amide bonds. The number of carbonyl (C=O) groups is 1. The fourth-order valence-corrected chi connectivity index (χ4v) is 5.51. The maximum absolute atomic E-state index is 14.3. The summed E-state index contributed by atoms with van der Waals surface area (Å²) in [7, 11) is -4.02. The van der Waals surface area contributed by atoms with Gasteiger partial charge in [0, 0.05) is 37.6 Å². The average molecular weight is 478 g/mol. The third kappa shape index (κ3) is 4.16. The molecule has 4 rings (SSSR count). The monoisotopic (exact) mass is 477 g/mol. The molecule has 0 unspecified atom stereocenters. The van der Waals surface area contributed by atoms with E-state index in [4.69, 9.17) is 0 Å². The fraction of sp³-hybridized carbons (Fsp3) is 0.261. The van der Waals surface area contributed by atoms with Crippen LogP contribution in [0.1, 0.15) is 21.7 Å². The van der Waals surface area contributed by atoms with Crippen molar-refractivity contribution in [2.24, 2.45) is 0 Å². The largest absolute Gasteiger partial charge is 0.336 e. The SMILES string of the molecule is Cc1cc(C(=O)N2CCN(S(=O)(=O)c3ccc(F)c(F)c3)CC2)c(C)n1-c1ccccc1F. The molecular weight excluding hydrogens is 455 g/mol. The van der Waals surface area contributed by atoms with Gasteiger partial charge in [0.05, 0.1) is 16.1 Å². The van der Waals surface area contributed by atoms with Gasteiger partial charge in [-0.25, -0.2) is 21.6 Å². The van der Waals surface area contributed by atoms with Crippen molar-refractivity contribution in [2.75, 3.05) is 26.2 Å². The number of rotatable bonds is 4. The van der Waals surface area contributed by atoms with Crippen LogP contribution in [0, 0.1) is 31.3 Å². The maximum Gasteiger partial charge on any atom is 0.255 e. The molecule has 3 aromatic rings. The second-order valence-electron chi connectivity index (χ2n) is 7.84. The van der Waals surface area contributed by atoms with Crippen molar-refractivity contribution >= 4 is 15.9 Å². The van der Waals surface area contributed by atoms with Crippen LogP contribution in [0.15, 0.2) is 53.4 Å². The molecule has 1 fully saturated rings. The Labute approximate surface area is 189 Å². The summed E-state index contributed by atoms with van der Waals surface area (Å²) in [6, 6.07) is 10.4. The number of hydrogen-bond acceptors (Lipinski definition) is 3. The Balaban J connectivity index is 1.52. The topological polar surface area (TPSA) is 62.6 Å². The fourth-order valence-electron chi connectivity index (χ4n) is 4.07. The molecule has 0 bridgehead atoms. The van der Waals surface area contributed by atoms with Gasteiger partial charge in [-0.05, 0) is 50.2 Å². The number of aromatic nitrogens is 1. The second-order valence-corrected chi connectivity index (χ2v) is 9.78. The van der Waals surface area contributed by atoms with Crippen LogP contribution in [0.2, 0.25) is 0 Å². The Morgan fingerprint density at radius 3 is 2.15 bits per heavy atom. The molecule has 0 N–H and O–H groups in total. The Morgan fingerprint density at radius 2 is 1.52 bits per heavy atom. The number of benzene rings is 2. The van der Waals surface area contributed by atoms with E-state index in [2.05, 4.69) is 0 Å². The highest BCUT2D eigenvalue weighted by Crippen LogP contribution is 2.25. The summed E-state index contributed by atoms with van der Waals surface area (Å²) >= 11 is 0. The van der Waals surface area contributed by atoms with Gasteiger partial charge in [-0.1, -0.05) is 12.1 Å². The van der Waals surface area contributed by atoms with E-state index in [1.54, 1.807) is 42.7 Å². The van der Waals surface area contributed by atoms with Gasteiger partial charge < -0.3 is 9.47 Å². The number of aryl methyl sites for hydroxylation is 1. The molecule has 0 saturated carbocycles. The van der Waals surface area contributed by atoms with Crippen molar-refractivity contribution in [3.63, 3.8) is 0 Å². The molecule has 1 aliphatic heterocycles. The molecule has 33 heavy (non-hydrogen) atoms. The predicted molar refractivity (Wildman–Crippen MR) is 116 cm³/mol. The van der Waals surface area contributed by atoms with Crippen LogP contribution in [-0.2, 0) is 10.0 Å². The lowest BCUT2D eigenvalue weighted by atomic mass is 10.2. The van der Waals surface area contributed by atoms with E-state index >= 15 is 0 Å². The molecule has 0 spiro atoms. The number of carbonyl (C=O) groups excluding carboxylic acids is 1. The summed E-state index contributed by atoms with van der Waals surface area (Å²) in [5.74, 6) is -3.06. The van der Waals surface area contributed by atoms with Gasteiger partial charge in [-0.3, -0.25) is 4.79 Å². The zero-order valence-electron chi connectivity index (χ0n) is 18.1. The summed E-state index contributed by atoms with van der Waals surface area (Å²) in [6.45, 7) is 3.80. The smallest absolute Gasteiger partial charge is 0.255 e. The first-order valence-corrected chi connectivity index (χ1v) is 11.7. The molecule has 0 aliphatic carbocycles. The van der Waals surface area contributed by atoms with Gasteiger partial charge in [0.25, 0.3) is 5.91 Å². The minimum Gasteiger partial charge on any atom is -0.336 e. The highest BCUT2D eigenvalue weighted by Gasteiger charge is 2.32. The Hall–Kier alpha value is -3.11. The number of nitrogens with zero attached hydrogens (tertiary/aromatic N) is 3. The molecule has 6 nitrogen and oxygen atoms in total. The molecular formula is C23H22F3N3O3S. The highest BCUT2D eigenvalue weighted by atomic mass is 32.2. The third-order valence-electron chi connectivity index (χ3n) is 5.81. The van der Waals surface area contributed by atoms with E-state index in [1.165, 1.54) is 11.0 Å². The van der Waals surface area contributed by atoms with Gasteiger partial charge in [-0.15, -0.1) is 0 Å². The van der Waals surface area contributed by atoms with Crippen molar-refractivity contribution < 1.29 is 26.4 Å². The average Bonchev–Trinajstić information content (AvgIpc) is 3.09. The van der Waals surface area contributed by atoms with Gasteiger partial charge in [0.2, 0.25) is 10.0 Å². The number of sulfonamides is 1. The number of hydrogen-bond donors (Lipinski definition) is 0. The van der Waals surface area contributed by atoms with E-state index in [9.17, 15) is 26.4 Å². The summed E-state index contributed by atoms with van der Waals surface area (Å²) in [5.41, 5.74) is 2.03. The van der Waals surface area contributed by atoms with Crippen LogP contribution in [0.4, 0.5) is 13.2 Å². The zero-order chi connectivity index (χ0) is 23.9. The number of halogens is 3. The summed E-state index contributed by atoms with van der Waals surface area (Å²) < 4.78 is 69.4.